The molecule has 10 nitrogen and oxygen atoms in total. The van der Waals surface area contributed by atoms with Crippen molar-refractivity contribution < 1.29 is 49.0 Å². The van der Waals surface area contributed by atoms with E-state index in [1.54, 1.807) is 6.92 Å². The van der Waals surface area contributed by atoms with Gasteiger partial charge in [0, 0.05) is 12.8 Å². The average Bonchev–Trinajstić information content (AvgIpc) is 2.95. The Bertz CT molecular complexity index is 804. The van der Waals surface area contributed by atoms with Crippen molar-refractivity contribution in [3.8, 4) is 0 Å². The highest BCUT2D eigenvalue weighted by Crippen LogP contribution is 2.22. The van der Waals surface area contributed by atoms with E-state index < -0.39 is 55.4 Å². The fourth-order valence-corrected chi connectivity index (χ4v) is 3.69. The summed E-state index contributed by atoms with van der Waals surface area (Å²) in [6, 6.07) is 0. The number of esters is 2. The first-order chi connectivity index (χ1) is 19.3. The van der Waals surface area contributed by atoms with Crippen molar-refractivity contribution in [3.05, 3.63) is 48.6 Å². The topological polar surface area (TPSA) is 152 Å². The summed E-state index contributed by atoms with van der Waals surface area (Å²) >= 11 is 0. The molecule has 6 atom stereocenters. The number of rotatable bonds is 20. The van der Waals surface area contributed by atoms with Gasteiger partial charge in [0.25, 0.3) is 0 Å². The third kappa shape index (κ3) is 15.4. The maximum atomic E-state index is 12.4. The van der Waals surface area contributed by atoms with Crippen LogP contribution in [0.1, 0.15) is 71.6 Å². The molecule has 0 aromatic rings. The Morgan fingerprint density at radius 3 is 2.02 bits per heavy atom. The first kappa shape index (κ1) is 35.7. The third-order valence-corrected chi connectivity index (χ3v) is 6.03. The molecule has 6 unspecified atom stereocenters. The largest absolute Gasteiger partial charge is 0.462 e. The predicted octanol–water partition coefficient (Wildman–Crippen LogP) is 3.03. The second-order valence-electron chi connectivity index (χ2n) is 9.43. The van der Waals surface area contributed by atoms with Crippen LogP contribution >= 0.6 is 0 Å². The van der Waals surface area contributed by atoms with Crippen LogP contribution in [0.25, 0.3) is 0 Å². The first-order valence-corrected chi connectivity index (χ1v) is 14.2. The molecular formula is C30H48O10. The maximum Gasteiger partial charge on any atom is 0.306 e. The number of carbonyl (C=O) groups is 2. The number of allylic oxidation sites excluding steroid dienone is 8. The Balaban J connectivity index is 2.36. The number of hydrogen-bond donors (Lipinski definition) is 4. The molecular weight excluding hydrogens is 520 g/mol. The lowest BCUT2D eigenvalue weighted by atomic mass is 9.99. The van der Waals surface area contributed by atoms with E-state index in [2.05, 4.69) is 55.5 Å². The van der Waals surface area contributed by atoms with E-state index in [0.29, 0.717) is 6.42 Å². The van der Waals surface area contributed by atoms with Crippen LogP contribution in [0.5, 0.6) is 0 Å². The molecule has 0 aliphatic carbocycles. The minimum Gasteiger partial charge on any atom is -0.462 e. The van der Waals surface area contributed by atoms with E-state index >= 15 is 0 Å². The van der Waals surface area contributed by atoms with Crippen LogP contribution in [0, 0.1) is 0 Å². The van der Waals surface area contributed by atoms with Crippen molar-refractivity contribution in [3.63, 3.8) is 0 Å². The summed E-state index contributed by atoms with van der Waals surface area (Å²) in [4.78, 5) is 23.9. The van der Waals surface area contributed by atoms with Gasteiger partial charge in [-0.3, -0.25) is 9.59 Å². The number of aliphatic hydroxyl groups excluding tert-OH is 4. The molecule has 0 aromatic heterocycles. The Hall–Kier alpha value is -2.34. The Morgan fingerprint density at radius 2 is 1.43 bits per heavy atom. The fraction of sp³-hybridized carbons (Fsp3) is 0.667. The van der Waals surface area contributed by atoms with E-state index in [1.807, 2.05) is 0 Å². The van der Waals surface area contributed by atoms with Gasteiger partial charge in [-0.15, -0.1) is 0 Å². The molecule has 1 fully saturated rings. The monoisotopic (exact) mass is 568 g/mol. The minimum absolute atomic E-state index is 0.144. The lowest BCUT2D eigenvalue weighted by Gasteiger charge is -2.39. The molecule has 228 valence electrons. The number of unbranched alkanes of at least 4 members (excludes halogenated alkanes) is 2. The molecule has 0 amide bonds. The highest BCUT2D eigenvalue weighted by atomic mass is 16.7. The number of ether oxygens (including phenoxy) is 4. The summed E-state index contributed by atoms with van der Waals surface area (Å²) in [6.45, 7) is 2.60. The molecule has 0 spiro atoms. The van der Waals surface area contributed by atoms with Gasteiger partial charge in [0.15, 0.2) is 12.4 Å². The predicted molar refractivity (Wildman–Crippen MR) is 150 cm³/mol. The summed E-state index contributed by atoms with van der Waals surface area (Å²) < 4.78 is 21.3. The summed E-state index contributed by atoms with van der Waals surface area (Å²) in [5.41, 5.74) is 0. The summed E-state index contributed by atoms with van der Waals surface area (Å²) in [5, 5.41) is 39.2. The standard InChI is InChI=1S/C30H48O10/c1-3-5-6-7-8-9-10-11-12-13-14-15-16-17-18-19-26(33)39-23(21-37-25(32)4-2)22-38-30-29(36)28(35)27(34)24(20-31)40-30/h5-6,8-9,11-12,14-15,23-24,27-31,34-36H,3-4,7,10,13,16-22H2,1-2H3/b6-5-,9-8-,12-11-,15-14-. The number of aliphatic hydroxyl groups is 4. The second-order valence-corrected chi connectivity index (χ2v) is 9.43. The quantitative estimate of drug-likeness (QED) is 0.0980. The van der Waals surface area contributed by atoms with Gasteiger partial charge in [-0.05, 0) is 44.9 Å². The zero-order valence-electron chi connectivity index (χ0n) is 23.8. The van der Waals surface area contributed by atoms with Crippen LogP contribution in [-0.4, -0.2) is 89.0 Å². The molecule has 4 N–H and O–H groups in total. The van der Waals surface area contributed by atoms with Crippen LogP contribution in [0.15, 0.2) is 48.6 Å². The van der Waals surface area contributed by atoms with Crippen LogP contribution in [0.2, 0.25) is 0 Å². The van der Waals surface area contributed by atoms with Gasteiger partial charge in [0.1, 0.15) is 31.0 Å². The van der Waals surface area contributed by atoms with Crippen LogP contribution in [-0.2, 0) is 28.5 Å². The van der Waals surface area contributed by atoms with Gasteiger partial charge in [-0.25, -0.2) is 0 Å². The second kappa shape index (κ2) is 22.4. The summed E-state index contributed by atoms with van der Waals surface area (Å²) in [7, 11) is 0. The molecule has 0 bridgehead atoms. The van der Waals surface area contributed by atoms with Crippen molar-refractivity contribution in [1.29, 1.82) is 0 Å². The Morgan fingerprint density at radius 1 is 0.800 bits per heavy atom. The molecule has 1 saturated heterocycles. The van der Waals surface area contributed by atoms with E-state index in [9.17, 15) is 30.0 Å². The summed E-state index contributed by atoms with van der Waals surface area (Å²) in [5.74, 6) is -0.966. The molecule has 1 rings (SSSR count). The molecule has 0 aromatic carbocycles. The maximum absolute atomic E-state index is 12.4. The van der Waals surface area contributed by atoms with Crippen LogP contribution in [0.3, 0.4) is 0 Å². The van der Waals surface area contributed by atoms with Gasteiger partial charge < -0.3 is 39.4 Å². The number of carbonyl (C=O) groups excluding carboxylic acids is 2. The lowest BCUT2D eigenvalue weighted by molar-refractivity contribution is -0.305. The summed E-state index contributed by atoms with van der Waals surface area (Å²) in [6.07, 6.45) is 15.3. The SMILES string of the molecule is CC/C=C\C/C=C\C/C=C\C/C=C\CCCCC(=O)OC(COC(=O)CC)COC1OC(CO)C(O)C(O)C1O. The molecule has 0 saturated carbocycles. The molecule has 1 aliphatic heterocycles. The molecule has 0 radical (unpaired) electrons. The van der Waals surface area contributed by atoms with Crippen LogP contribution < -0.4 is 0 Å². The van der Waals surface area contributed by atoms with Crippen molar-refractivity contribution in [1.82, 2.24) is 0 Å². The van der Waals surface area contributed by atoms with Gasteiger partial charge in [-0.2, -0.15) is 0 Å². The fourth-order valence-electron chi connectivity index (χ4n) is 3.69. The Kier molecular flexibility index (Phi) is 19.9. The average molecular weight is 569 g/mol. The molecule has 40 heavy (non-hydrogen) atoms. The van der Waals surface area contributed by atoms with Crippen molar-refractivity contribution in [2.24, 2.45) is 0 Å². The van der Waals surface area contributed by atoms with Gasteiger partial charge in [0.05, 0.1) is 13.2 Å². The zero-order chi connectivity index (χ0) is 29.6. The van der Waals surface area contributed by atoms with Gasteiger partial charge in [-0.1, -0.05) is 62.5 Å². The Labute approximate surface area is 238 Å². The molecule has 1 heterocycles. The van der Waals surface area contributed by atoms with E-state index in [4.69, 9.17) is 18.9 Å². The normalized spacial score (nSPS) is 24.4. The van der Waals surface area contributed by atoms with Crippen LogP contribution in [0.4, 0.5) is 0 Å². The molecule has 10 heteroatoms. The van der Waals surface area contributed by atoms with E-state index in [0.717, 1.165) is 38.5 Å². The first-order valence-electron chi connectivity index (χ1n) is 14.2. The van der Waals surface area contributed by atoms with Gasteiger partial charge >= 0.3 is 11.9 Å². The van der Waals surface area contributed by atoms with Gasteiger partial charge in [0.2, 0.25) is 0 Å². The van der Waals surface area contributed by atoms with Crippen molar-refractivity contribution in [2.45, 2.75) is 108 Å². The smallest absolute Gasteiger partial charge is 0.306 e. The van der Waals surface area contributed by atoms with E-state index in [1.165, 1.54) is 0 Å². The van der Waals surface area contributed by atoms with E-state index in [-0.39, 0.29) is 26.1 Å². The lowest BCUT2D eigenvalue weighted by Crippen LogP contribution is -2.59. The zero-order valence-corrected chi connectivity index (χ0v) is 23.8. The minimum atomic E-state index is -1.60. The third-order valence-electron chi connectivity index (χ3n) is 6.03. The highest BCUT2D eigenvalue weighted by Gasteiger charge is 2.44. The number of hydrogen-bond acceptors (Lipinski definition) is 10. The molecule has 1 aliphatic rings. The van der Waals surface area contributed by atoms with Crippen molar-refractivity contribution in [2.75, 3.05) is 19.8 Å². The van der Waals surface area contributed by atoms with Crippen molar-refractivity contribution >= 4 is 11.9 Å². The highest BCUT2D eigenvalue weighted by molar-refractivity contribution is 5.70.